The number of nitrogens with zero attached hydrogens (tertiary/aromatic N) is 2. The first-order chi connectivity index (χ1) is 14.1. The first-order valence-corrected chi connectivity index (χ1v) is 9.77. The average Bonchev–Trinajstić information content (AvgIpc) is 2.73. The van der Waals surface area contributed by atoms with E-state index < -0.39 is 0 Å². The average molecular weight is 425 g/mol. The molecule has 146 valence electrons. The van der Waals surface area contributed by atoms with E-state index in [1.807, 2.05) is 71.6 Å². The molecule has 4 rings (SSSR count). The highest BCUT2D eigenvalue weighted by Gasteiger charge is 2.33. The number of carbonyl (C=O) groups excluding carboxylic acids is 1. The van der Waals surface area contributed by atoms with Crippen molar-refractivity contribution in [2.24, 2.45) is 10.8 Å². The Balaban J connectivity index is 1.95. The predicted octanol–water partition coefficient (Wildman–Crippen LogP) is 4.47. The van der Waals surface area contributed by atoms with Crippen LogP contribution in [0.2, 0.25) is 10.0 Å². The fraction of sp³-hybridized carbons (Fsp3) is 0.0909. The van der Waals surface area contributed by atoms with Crippen LogP contribution in [0, 0.1) is 0 Å². The zero-order valence-corrected chi connectivity index (χ0v) is 16.9. The third-order valence-corrected chi connectivity index (χ3v) is 5.24. The summed E-state index contributed by atoms with van der Waals surface area (Å²) in [5.74, 6) is 5.70. The lowest BCUT2D eigenvalue weighted by atomic mass is 9.93. The molecule has 0 radical (unpaired) electrons. The molecule has 0 aromatic heterocycles. The molecule has 3 aromatic carbocycles. The van der Waals surface area contributed by atoms with Gasteiger partial charge >= 0.3 is 0 Å². The Morgan fingerprint density at radius 3 is 2.48 bits per heavy atom. The summed E-state index contributed by atoms with van der Waals surface area (Å²) in [5, 5.41) is 1.20. The first kappa shape index (κ1) is 19.5. The van der Waals surface area contributed by atoms with Crippen LogP contribution in [-0.2, 0) is 4.79 Å². The molecule has 7 heteroatoms. The lowest BCUT2D eigenvalue weighted by Crippen LogP contribution is -2.46. The highest BCUT2D eigenvalue weighted by atomic mass is 35.5. The van der Waals surface area contributed by atoms with Gasteiger partial charge in [0.25, 0.3) is 5.91 Å². The van der Waals surface area contributed by atoms with E-state index in [1.165, 1.54) is 0 Å². The van der Waals surface area contributed by atoms with Crippen LogP contribution in [0.15, 0.2) is 77.8 Å². The number of carbonyl (C=O) groups is 1. The van der Waals surface area contributed by atoms with E-state index >= 15 is 0 Å². The smallest absolute Gasteiger partial charge is 0.253 e. The number of aliphatic imine (C=N–C) groups is 1. The molecular weight excluding hydrogens is 407 g/mol. The number of hydrazine groups is 1. The van der Waals surface area contributed by atoms with Gasteiger partial charge in [-0.05, 0) is 35.9 Å². The Labute approximate surface area is 178 Å². The second-order valence-corrected chi connectivity index (χ2v) is 7.53. The molecule has 5 nitrogen and oxygen atoms in total. The van der Waals surface area contributed by atoms with Crippen LogP contribution >= 0.6 is 23.2 Å². The Morgan fingerprint density at radius 2 is 1.76 bits per heavy atom. The third kappa shape index (κ3) is 3.98. The maximum Gasteiger partial charge on any atom is 0.253 e. The molecule has 0 bridgehead atoms. The predicted molar refractivity (Wildman–Crippen MR) is 116 cm³/mol. The van der Waals surface area contributed by atoms with Crippen molar-refractivity contribution in [1.82, 2.24) is 10.3 Å². The molecule has 1 heterocycles. The molecule has 3 aromatic rings. The minimum atomic E-state index is -0.328. The first-order valence-electron chi connectivity index (χ1n) is 9.02. The summed E-state index contributed by atoms with van der Waals surface area (Å²) in [4.78, 5) is 19.1. The summed E-state index contributed by atoms with van der Waals surface area (Å²) in [6.45, 7) is 0.0212. The zero-order chi connectivity index (χ0) is 20.4. The van der Waals surface area contributed by atoms with Crippen LogP contribution in [-0.4, -0.2) is 23.2 Å². The number of hydrogen-bond donors (Lipinski definition) is 2. The van der Waals surface area contributed by atoms with Crippen molar-refractivity contribution < 1.29 is 4.79 Å². The lowest BCUT2D eigenvalue weighted by molar-refractivity contribution is -0.121. The number of benzene rings is 3. The summed E-state index contributed by atoms with van der Waals surface area (Å²) >= 11 is 12.5. The van der Waals surface area contributed by atoms with Gasteiger partial charge in [0.05, 0.1) is 11.7 Å². The summed E-state index contributed by atoms with van der Waals surface area (Å²) in [7, 11) is 0. The molecule has 0 aliphatic carbocycles. The van der Waals surface area contributed by atoms with Crippen molar-refractivity contribution in [2.75, 3.05) is 6.54 Å². The molecule has 29 heavy (non-hydrogen) atoms. The van der Waals surface area contributed by atoms with E-state index in [0.717, 1.165) is 22.4 Å². The number of amidine groups is 1. The zero-order valence-electron chi connectivity index (χ0n) is 15.3. The molecule has 1 unspecified atom stereocenters. The van der Waals surface area contributed by atoms with E-state index in [2.05, 4.69) is 5.43 Å². The number of rotatable bonds is 4. The highest BCUT2D eigenvalue weighted by Crippen LogP contribution is 2.41. The van der Waals surface area contributed by atoms with Crippen LogP contribution in [0.5, 0.6) is 0 Å². The summed E-state index contributed by atoms with van der Waals surface area (Å²) in [6.07, 6.45) is 0. The van der Waals surface area contributed by atoms with Crippen molar-refractivity contribution in [3.05, 3.63) is 99.5 Å². The molecule has 0 spiro atoms. The van der Waals surface area contributed by atoms with E-state index in [1.54, 1.807) is 6.07 Å². The summed E-state index contributed by atoms with van der Waals surface area (Å²) in [5.41, 5.74) is 5.74. The van der Waals surface area contributed by atoms with Gasteiger partial charge in [-0.15, -0.1) is 0 Å². The Kier molecular flexibility index (Phi) is 5.53. The fourth-order valence-corrected chi connectivity index (χ4v) is 3.90. The monoisotopic (exact) mass is 424 g/mol. The minimum absolute atomic E-state index is 0.0212. The largest absolute Gasteiger partial charge is 0.336 e. The molecule has 1 atom stereocenters. The Morgan fingerprint density at radius 1 is 1.00 bits per heavy atom. The van der Waals surface area contributed by atoms with Crippen LogP contribution in [0.3, 0.4) is 0 Å². The second-order valence-electron chi connectivity index (χ2n) is 6.66. The van der Waals surface area contributed by atoms with Gasteiger partial charge in [0, 0.05) is 21.2 Å². The molecule has 1 amide bonds. The number of halogens is 2. The maximum atomic E-state index is 12.3. The van der Waals surface area contributed by atoms with Crippen molar-refractivity contribution in [3.8, 4) is 0 Å². The van der Waals surface area contributed by atoms with Crippen molar-refractivity contribution in [2.45, 2.75) is 6.04 Å². The third-order valence-electron chi connectivity index (χ3n) is 4.77. The van der Waals surface area contributed by atoms with Crippen LogP contribution in [0.25, 0.3) is 0 Å². The Hall–Kier alpha value is -2.86. The lowest BCUT2D eigenvalue weighted by Gasteiger charge is -2.38. The fourth-order valence-electron chi connectivity index (χ4n) is 3.53. The van der Waals surface area contributed by atoms with Gasteiger partial charge in [0.2, 0.25) is 0 Å². The molecule has 0 fully saturated rings. The van der Waals surface area contributed by atoms with Gasteiger partial charge < -0.3 is 4.90 Å². The minimum Gasteiger partial charge on any atom is -0.336 e. The topological polar surface area (TPSA) is 70.7 Å². The number of nitrogens with two attached hydrogens (primary N) is 1. The highest BCUT2D eigenvalue weighted by molar-refractivity contribution is 6.31. The molecule has 0 saturated heterocycles. The second kappa shape index (κ2) is 8.25. The Bertz CT molecular complexity index is 1090. The van der Waals surface area contributed by atoms with Crippen LogP contribution in [0.4, 0.5) is 5.69 Å². The van der Waals surface area contributed by atoms with Gasteiger partial charge in [0.15, 0.2) is 0 Å². The number of amides is 1. The summed E-state index contributed by atoms with van der Waals surface area (Å²) < 4.78 is 0. The van der Waals surface area contributed by atoms with E-state index in [9.17, 15) is 4.79 Å². The quantitative estimate of drug-likeness (QED) is 0.368. The standard InChI is InChI=1S/C22H18Cl2N4O/c23-16-8-4-7-15(11-16)22-26-19-10-9-17(24)12-18(19)21(14-5-2-1-3-6-14)28(22)13-20(29)27-25/h1-12,21H,13,25H2,(H,27,29). The summed E-state index contributed by atoms with van der Waals surface area (Å²) in [6, 6.07) is 22.6. The maximum absolute atomic E-state index is 12.3. The van der Waals surface area contributed by atoms with Gasteiger partial charge in [-0.25, -0.2) is 10.8 Å². The van der Waals surface area contributed by atoms with Gasteiger partial charge in [-0.1, -0.05) is 65.7 Å². The van der Waals surface area contributed by atoms with Crippen LogP contribution in [0.1, 0.15) is 22.7 Å². The number of hydrogen-bond acceptors (Lipinski definition) is 4. The number of fused-ring (bicyclic) bond motifs is 1. The van der Waals surface area contributed by atoms with Crippen LogP contribution < -0.4 is 11.3 Å². The molecule has 1 aliphatic heterocycles. The molecule has 0 saturated carbocycles. The molecule has 3 N–H and O–H groups in total. The van der Waals surface area contributed by atoms with Gasteiger partial charge in [-0.3, -0.25) is 10.2 Å². The molecular formula is C22H18Cl2N4O. The van der Waals surface area contributed by atoms with E-state index in [4.69, 9.17) is 34.0 Å². The van der Waals surface area contributed by atoms with Crippen molar-refractivity contribution in [1.29, 1.82) is 0 Å². The normalized spacial score (nSPS) is 15.5. The number of nitrogens with one attached hydrogen (secondary N) is 1. The van der Waals surface area contributed by atoms with Gasteiger partial charge in [-0.2, -0.15) is 0 Å². The van der Waals surface area contributed by atoms with Crippen molar-refractivity contribution >= 4 is 40.6 Å². The van der Waals surface area contributed by atoms with Gasteiger partial charge in [0.1, 0.15) is 12.4 Å². The molecule has 1 aliphatic rings. The van der Waals surface area contributed by atoms with E-state index in [0.29, 0.717) is 15.9 Å². The van der Waals surface area contributed by atoms with Crippen molar-refractivity contribution in [3.63, 3.8) is 0 Å². The SMILES string of the molecule is NNC(=O)CN1C(c2cccc(Cl)c2)=Nc2ccc(Cl)cc2C1c1ccccc1. The van der Waals surface area contributed by atoms with E-state index in [-0.39, 0.29) is 18.5 Å².